The van der Waals surface area contributed by atoms with Crippen LogP contribution >= 0.6 is 0 Å². The van der Waals surface area contributed by atoms with E-state index in [1.54, 1.807) is 0 Å². The molecule has 2 aromatic carbocycles. The van der Waals surface area contributed by atoms with Crippen LogP contribution in [0.25, 0.3) is 0 Å². The van der Waals surface area contributed by atoms with E-state index in [1.807, 2.05) is 0 Å². The van der Waals surface area contributed by atoms with Crippen LogP contribution in [-0.2, 0) is 0 Å². The van der Waals surface area contributed by atoms with Crippen LogP contribution in [0.2, 0.25) is 0 Å². The fourth-order valence-corrected chi connectivity index (χ4v) is 2.19. The number of benzene rings is 2. The van der Waals surface area contributed by atoms with Crippen LogP contribution in [0, 0.1) is 0 Å². The second kappa shape index (κ2) is 6.83. The molecule has 0 spiro atoms. The zero-order chi connectivity index (χ0) is 18.7. The highest BCUT2D eigenvalue weighted by Gasteiger charge is 2.17. The largest absolute Gasteiger partial charge is 0.478 e. The summed E-state index contributed by atoms with van der Waals surface area (Å²) < 4.78 is 5.44. The van der Waals surface area contributed by atoms with Crippen molar-refractivity contribution < 1.29 is 34.1 Å². The Labute approximate surface area is 141 Å². The van der Waals surface area contributed by atoms with Crippen LogP contribution in [-0.4, -0.2) is 33.8 Å². The lowest BCUT2D eigenvalue weighted by molar-refractivity contribution is 0.0683. The summed E-state index contributed by atoms with van der Waals surface area (Å²) in [7, 11) is 0. The number of hydrogen-bond acceptors (Lipinski definition) is 5. The number of hydrogen-bond donors (Lipinski definition) is 3. The molecular formula is C17H13NO7. The van der Waals surface area contributed by atoms with Gasteiger partial charge in [-0.1, -0.05) is 0 Å². The third-order valence-corrected chi connectivity index (χ3v) is 3.32. The van der Waals surface area contributed by atoms with E-state index < -0.39 is 23.6 Å². The number of carbonyl (C=O) groups excluding carboxylic acids is 2. The van der Waals surface area contributed by atoms with Crippen molar-refractivity contribution in [1.82, 2.24) is 0 Å². The molecule has 2 rings (SSSR count). The fraction of sp³-hybridized carbons (Fsp3) is 0.0588. The summed E-state index contributed by atoms with van der Waals surface area (Å²) in [6.07, 6.45) is 0. The number of rotatable bonds is 6. The maximum atomic E-state index is 11.4. The van der Waals surface area contributed by atoms with E-state index in [2.05, 4.69) is 0 Å². The van der Waals surface area contributed by atoms with Crippen molar-refractivity contribution >= 4 is 23.6 Å². The summed E-state index contributed by atoms with van der Waals surface area (Å²) >= 11 is 0. The van der Waals surface area contributed by atoms with Crippen molar-refractivity contribution in [2.45, 2.75) is 6.92 Å². The number of aromatic carboxylic acids is 2. The Bertz CT molecular complexity index is 828. The molecule has 0 saturated heterocycles. The first-order valence-electron chi connectivity index (χ1n) is 6.94. The zero-order valence-electron chi connectivity index (χ0n) is 13.0. The predicted molar refractivity (Wildman–Crippen MR) is 85.4 cm³/mol. The third-order valence-electron chi connectivity index (χ3n) is 3.32. The van der Waals surface area contributed by atoms with Gasteiger partial charge < -0.3 is 20.7 Å². The first-order chi connectivity index (χ1) is 11.7. The lowest BCUT2D eigenvalue weighted by atomic mass is 10.0. The van der Waals surface area contributed by atoms with Gasteiger partial charge in [0, 0.05) is 5.56 Å². The highest BCUT2D eigenvalue weighted by atomic mass is 16.5. The molecule has 8 nitrogen and oxygen atoms in total. The van der Waals surface area contributed by atoms with Crippen molar-refractivity contribution in [2.24, 2.45) is 5.73 Å². The number of amides is 1. The molecule has 0 aliphatic rings. The number of ketones is 1. The quantitative estimate of drug-likeness (QED) is 0.682. The van der Waals surface area contributed by atoms with Crippen LogP contribution in [0.5, 0.6) is 11.5 Å². The van der Waals surface area contributed by atoms with Gasteiger partial charge in [-0.3, -0.25) is 9.59 Å². The SMILES string of the molecule is CC(=O)c1ccc(Oc2ccc(C(N)=O)c(C(=O)O)c2)cc1C(=O)O. The van der Waals surface area contributed by atoms with E-state index in [-0.39, 0.29) is 33.8 Å². The summed E-state index contributed by atoms with van der Waals surface area (Å²) in [4.78, 5) is 45.2. The van der Waals surface area contributed by atoms with Gasteiger partial charge in [0.15, 0.2) is 5.78 Å². The molecule has 0 bridgehead atoms. The predicted octanol–water partition coefficient (Wildman–Crippen LogP) is 2.18. The molecule has 8 heteroatoms. The van der Waals surface area contributed by atoms with Gasteiger partial charge in [-0.05, 0) is 43.3 Å². The highest BCUT2D eigenvalue weighted by molar-refractivity contribution is 6.05. The second-order valence-electron chi connectivity index (χ2n) is 5.05. The van der Waals surface area contributed by atoms with Crippen molar-refractivity contribution in [2.75, 3.05) is 0 Å². The highest BCUT2D eigenvalue weighted by Crippen LogP contribution is 2.26. The summed E-state index contributed by atoms with van der Waals surface area (Å²) in [5.41, 5.74) is 4.37. The average Bonchev–Trinajstić information content (AvgIpc) is 2.54. The van der Waals surface area contributed by atoms with Gasteiger partial charge >= 0.3 is 11.9 Å². The molecule has 0 atom stereocenters. The molecule has 4 N–H and O–H groups in total. The first kappa shape index (κ1) is 17.7. The summed E-state index contributed by atoms with van der Waals surface area (Å²) in [6.45, 7) is 1.24. The molecule has 0 aliphatic carbocycles. The minimum atomic E-state index is -1.36. The Hall–Kier alpha value is -3.68. The van der Waals surface area contributed by atoms with E-state index in [0.717, 1.165) is 12.1 Å². The van der Waals surface area contributed by atoms with E-state index in [9.17, 15) is 24.3 Å². The van der Waals surface area contributed by atoms with Gasteiger partial charge in [0.2, 0.25) is 5.91 Å². The van der Waals surface area contributed by atoms with Gasteiger partial charge in [-0.15, -0.1) is 0 Å². The molecule has 1 amide bonds. The molecule has 2 aromatic rings. The molecule has 0 saturated carbocycles. The number of carboxylic acids is 2. The standard InChI is InChI=1S/C17H13NO7/c1-8(19)11-4-2-9(6-13(11)16(21)22)25-10-3-5-12(15(18)20)14(7-10)17(23)24/h2-7H,1H3,(H2,18,20)(H,21,22)(H,23,24). The van der Waals surface area contributed by atoms with E-state index in [0.29, 0.717) is 0 Å². The van der Waals surface area contributed by atoms with E-state index >= 15 is 0 Å². The topological polar surface area (TPSA) is 144 Å². The maximum Gasteiger partial charge on any atom is 0.336 e. The van der Waals surface area contributed by atoms with Gasteiger partial charge in [-0.2, -0.15) is 0 Å². The number of primary amides is 1. The van der Waals surface area contributed by atoms with Gasteiger partial charge in [0.05, 0.1) is 16.7 Å². The number of carboxylic acid groups (broad SMARTS) is 2. The monoisotopic (exact) mass is 343 g/mol. The Morgan fingerprint density at radius 1 is 0.800 bits per heavy atom. The summed E-state index contributed by atoms with van der Waals surface area (Å²) in [6, 6.07) is 7.46. The van der Waals surface area contributed by atoms with Gasteiger partial charge in [0.1, 0.15) is 11.5 Å². The Morgan fingerprint density at radius 2 is 1.24 bits per heavy atom. The lowest BCUT2D eigenvalue weighted by Gasteiger charge is -2.10. The van der Waals surface area contributed by atoms with Crippen LogP contribution in [0.1, 0.15) is 48.4 Å². The van der Waals surface area contributed by atoms with Gasteiger partial charge in [0.25, 0.3) is 0 Å². The Morgan fingerprint density at radius 3 is 1.64 bits per heavy atom. The second-order valence-corrected chi connectivity index (χ2v) is 5.05. The molecular weight excluding hydrogens is 330 g/mol. The molecule has 0 fully saturated rings. The van der Waals surface area contributed by atoms with Crippen molar-refractivity contribution in [3.63, 3.8) is 0 Å². The summed E-state index contributed by atoms with van der Waals surface area (Å²) in [5.74, 6) is -3.82. The van der Waals surface area contributed by atoms with Crippen molar-refractivity contribution in [3.8, 4) is 11.5 Å². The number of Topliss-reactive ketones (excluding diaryl/α,β-unsaturated/α-hetero) is 1. The summed E-state index contributed by atoms with van der Waals surface area (Å²) in [5, 5.41) is 18.3. The third kappa shape index (κ3) is 3.81. The van der Waals surface area contributed by atoms with Crippen molar-refractivity contribution in [1.29, 1.82) is 0 Å². The molecule has 25 heavy (non-hydrogen) atoms. The smallest absolute Gasteiger partial charge is 0.336 e. The van der Waals surface area contributed by atoms with Crippen LogP contribution in [0.3, 0.4) is 0 Å². The molecule has 0 aromatic heterocycles. The molecule has 0 unspecified atom stereocenters. The Balaban J connectivity index is 2.43. The molecule has 128 valence electrons. The van der Waals surface area contributed by atoms with E-state index in [1.165, 1.54) is 31.2 Å². The maximum absolute atomic E-state index is 11.4. The fourth-order valence-electron chi connectivity index (χ4n) is 2.19. The number of ether oxygens (including phenoxy) is 1. The minimum absolute atomic E-state index is 0.0233. The molecule has 0 radical (unpaired) electrons. The molecule has 0 heterocycles. The average molecular weight is 343 g/mol. The van der Waals surface area contributed by atoms with Crippen LogP contribution < -0.4 is 10.5 Å². The van der Waals surface area contributed by atoms with Crippen LogP contribution in [0.4, 0.5) is 0 Å². The lowest BCUT2D eigenvalue weighted by Crippen LogP contribution is -2.16. The van der Waals surface area contributed by atoms with Crippen LogP contribution in [0.15, 0.2) is 36.4 Å². The minimum Gasteiger partial charge on any atom is -0.478 e. The number of nitrogens with two attached hydrogens (primary N) is 1. The number of carbonyl (C=O) groups is 4. The first-order valence-corrected chi connectivity index (χ1v) is 6.94. The van der Waals surface area contributed by atoms with Gasteiger partial charge in [-0.25, -0.2) is 9.59 Å². The Kier molecular flexibility index (Phi) is 4.83. The van der Waals surface area contributed by atoms with Crippen molar-refractivity contribution in [3.05, 3.63) is 58.7 Å². The molecule has 0 aliphatic heterocycles. The van der Waals surface area contributed by atoms with E-state index in [4.69, 9.17) is 15.6 Å². The zero-order valence-corrected chi connectivity index (χ0v) is 13.0. The normalized spacial score (nSPS) is 10.1.